The van der Waals surface area contributed by atoms with Crippen LogP contribution in [0.1, 0.15) is 32.6 Å². The SMILES string of the molecule is CCCCN(C)C(=O)[C@H]1CCCN(c2ncc(-c3cccc(F)c3)cn2)C1. The molecule has 3 rings (SSSR count). The highest BCUT2D eigenvalue weighted by Gasteiger charge is 2.28. The van der Waals surface area contributed by atoms with Gasteiger partial charge in [0.05, 0.1) is 5.92 Å². The maximum absolute atomic E-state index is 13.4. The van der Waals surface area contributed by atoms with Crippen LogP contribution in [0.2, 0.25) is 0 Å². The first-order valence-electron chi connectivity index (χ1n) is 9.66. The predicted octanol–water partition coefficient (Wildman–Crippen LogP) is 3.76. The second-order valence-corrected chi connectivity index (χ2v) is 7.18. The van der Waals surface area contributed by atoms with Crippen molar-refractivity contribution < 1.29 is 9.18 Å². The van der Waals surface area contributed by atoms with Crippen molar-refractivity contribution in [2.75, 3.05) is 31.6 Å². The molecule has 0 saturated carbocycles. The fourth-order valence-electron chi connectivity index (χ4n) is 3.48. The van der Waals surface area contributed by atoms with Crippen LogP contribution in [0.3, 0.4) is 0 Å². The minimum Gasteiger partial charge on any atom is -0.345 e. The second-order valence-electron chi connectivity index (χ2n) is 7.18. The van der Waals surface area contributed by atoms with Gasteiger partial charge >= 0.3 is 0 Å². The van der Waals surface area contributed by atoms with Crippen molar-refractivity contribution in [2.24, 2.45) is 5.92 Å². The smallest absolute Gasteiger partial charge is 0.227 e. The van der Waals surface area contributed by atoms with Gasteiger partial charge in [0.1, 0.15) is 5.82 Å². The van der Waals surface area contributed by atoms with Crippen LogP contribution in [-0.4, -0.2) is 47.5 Å². The highest BCUT2D eigenvalue weighted by Crippen LogP contribution is 2.24. The number of piperidine rings is 1. The van der Waals surface area contributed by atoms with Gasteiger partial charge in [-0.05, 0) is 37.0 Å². The van der Waals surface area contributed by atoms with Gasteiger partial charge in [0, 0.05) is 44.6 Å². The summed E-state index contributed by atoms with van der Waals surface area (Å²) >= 11 is 0. The quantitative estimate of drug-likeness (QED) is 0.777. The first kappa shape index (κ1) is 19.3. The van der Waals surface area contributed by atoms with Crippen LogP contribution in [0.15, 0.2) is 36.7 Å². The Morgan fingerprint density at radius 1 is 1.30 bits per heavy atom. The fourth-order valence-corrected chi connectivity index (χ4v) is 3.48. The van der Waals surface area contributed by atoms with Gasteiger partial charge in [0.2, 0.25) is 11.9 Å². The molecule has 1 atom stereocenters. The van der Waals surface area contributed by atoms with E-state index in [1.165, 1.54) is 12.1 Å². The number of nitrogens with zero attached hydrogens (tertiary/aromatic N) is 4. The van der Waals surface area contributed by atoms with Crippen LogP contribution in [-0.2, 0) is 4.79 Å². The monoisotopic (exact) mass is 370 g/mol. The number of benzene rings is 1. The molecule has 0 unspecified atom stereocenters. The van der Waals surface area contributed by atoms with E-state index in [9.17, 15) is 9.18 Å². The van der Waals surface area contributed by atoms with Crippen molar-refractivity contribution >= 4 is 11.9 Å². The van der Waals surface area contributed by atoms with Crippen LogP contribution < -0.4 is 4.90 Å². The van der Waals surface area contributed by atoms with E-state index in [1.54, 1.807) is 18.5 Å². The number of carbonyl (C=O) groups excluding carboxylic acids is 1. The van der Waals surface area contributed by atoms with E-state index in [4.69, 9.17) is 0 Å². The van der Waals surface area contributed by atoms with Gasteiger partial charge in [0.25, 0.3) is 0 Å². The van der Waals surface area contributed by atoms with Crippen LogP contribution in [0.5, 0.6) is 0 Å². The molecule has 2 heterocycles. The number of carbonyl (C=O) groups is 1. The summed E-state index contributed by atoms with van der Waals surface area (Å²) in [6.07, 6.45) is 7.41. The lowest BCUT2D eigenvalue weighted by molar-refractivity contribution is -0.134. The Labute approximate surface area is 160 Å². The minimum absolute atomic E-state index is 0.00731. The van der Waals surface area contributed by atoms with Crippen molar-refractivity contribution in [2.45, 2.75) is 32.6 Å². The van der Waals surface area contributed by atoms with E-state index in [1.807, 2.05) is 18.0 Å². The molecule has 27 heavy (non-hydrogen) atoms. The Kier molecular flexibility index (Phi) is 6.37. The molecule has 1 aliphatic rings. The van der Waals surface area contributed by atoms with Gasteiger partial charge in [-0.1, -0.05) is 25.5 Å². The average molecular weight is 370 g/mol. The zero-order chi connectivity index (χ0) is 19.2. The summed E-state index contributed by atoms with van der Waals surface area (Å²) in [5, 5.41) is 0. The molecule has 1 amide bonds. The Morgan fingerprint density at radius 3 is 2.78 bits per heavy atom. The zero-order valence-corrected chi connectivity index (χ0v) is 16.1. The largest absolute Gasteiger partial charge is 0.345 e. The number of hydrogen-bond acceptors (Lipinski definition) is 4. The molecular weight excluding hydrogens is 343 g/mol. The molecule has 1 aromatic carbocycles. The third-order valence-electron chi connectivity index (χ3n) is 5.07. The van der Waals surface area contributed by atoms with Gasteiger partial charge in [-0.25, -0.2) is 14.4 Å². The first-order valence-corrected chi connectivity index (χ1v) is 9.66. The van der Waals surface area contributed by atoms with Crippen LogP contribution in [0.4, 0.5) is 10.3 Å². The van der Waals surface area contributed by atoms with Gasteiger partial charge in [-0.3, -0.25) is 4.79 Å². The lowest BCUT2D eigenvalue weighted by atomic mass is 9.96. The summed E-state index contributed by atoms with van der Waals surface area (Å²) < 4.78 is 13.4. The second kappa shape index (κ2) is 8.93. The standard InChI is InChI=1S/C21H27FN4O/c1-3-4-10-25(2)20(27)17-8-6-11-26(15-17)21-23-13-18(14-24-21)16-7-5-9-19(22)12-16/h5,7,9,12-14,17H,3-4,6,8,10-11,15H2,1-2H3/t17-/m0/s1. The third-order valence-corrected chi connectivity index (χ3v) is 5.07. The highest BCUT2D eigenvalue weighted by atomic mass is 19.1. The zero-order valence-electron chi connectivity index (χ0n) is 16.1. The molecule has 1 aliphatic heterocycles. The Bertz CT molecular complexity index is 765. The van der Waals surface area contributed by atoms with E-state index in [-0.39, 0.29) is 17.6 Å². The molecule has 0 N–H and O–H groups in total. The van der Waals surface area contributed by atoms with E-state index < -0.39 is 0 Å². The number of hydrogen-bond donors (Lipinski definition) is 0. The molecule has 0 spiro atoms. The van der Waals surface area contributed by atoms with Gasteiger partial charge in [-0.15, -0.1) is 0 Å². The van der Waals surface area contributed by atoms with Crippen molar-refractivity contribution in [3.8, 4) is 11.1 Å². The Balaban J connectivity index is 1.66. The van der Waals surface area contributed by atoms with Gasteiger partial charge < -0.3 is 9.80 Å². The fraction of sp³-hybridized carbons (Fsp3) is 0.476. The van der Waals surface area contributed by atoms with E-state index in [0.717, 1.165) is 49.9 Å². The van der Waals surface area contributed by atoms with Gasteiger partial charge in [0.15, 0.2) is 0 Å². The van der Waals surface area contributed by atoms with E-state index in [0.29, 0.717) is 12.5 Å². The number of amides is 1. The molecule has 1 saturated heterocycles. The molecule has 1 aromatic heterocycles. The molecular formula is C21H27FN4O. The van der Waals surface area contributed by atoms with Crippen molar-refractivity contribution in [1.82, 2.24) is 14.9 Å². The molecule has 0 aliphatic carbocycles. The summed E-state index contributed by atoms with van der Waals surface area (Å²) in [5.74, 6) is 0.557. The molecule has 0 bridgehead atoms. The van der Waals surface area contributed by atoms with Crippen molar-refractivity contribution in [3.05, 3.63) is 42.5 Å². The third kappa shape index (κ3) is 4.81. The van der Waals surface area contributed by atoms with Crippen molar-refractivity contribution in [3.63, 3.8) is 0 Å². The normalized spacial score (nSPS) is 17.0. The topological polar surface area (TPSA) is 49.3 Å². The number of unbranched alkanes of at least 4 members (excludes halogenated alkanes) is 1. The lowest BCUT2D eigenvalue weighted by Crippen LogP contribution is -2.44. The number of aromatic nitrogens is 2. The predicted molar refractivity (Wildman–Crippen MR) is 105 cm³/mol. The highest BCUT2D eigenvalue weighted by molar-refractivity contribution is 5.79. The maximum Gasteiger partial charge on any atom is 0.227 e. The average Bonchev–Trinajstić information content (AvgIpc) is 2.71. The summed E-state index contributed by atoms with van der Waals surface area (Å²) in [6, 6.07) is 6.40. The number of halogens is 1. The molecule has 144 valence electrons. The van der Waals surface area contributed by atoms with Crippen molar-refractivity contribution in [1.29, 1.82) is 0 Å². The summed E-state index contributed by atoms with van der Waals surface area (Å²) in [7, 11) is 1.89. The Hall–Kier alpha value is -2.50. The van der Waals surface area contributed by atoms with Crippen LogP contribution in [0.25, 0.3) is 11.1 Å². The molecule has 1 fully saturated rings. The maximum atomic E-state index is 13.4. The van der Waals surface area contributed by atoms with Crippen LogP contribution >= 0.6 is 0 Å². The summed E-state index contributed by atoms with van der Waals surface area (Å²) in [5.41, 5.74) is 1.54. The van der Waals surface area contributed by atoms with E-state index in [2.05, 4.69) is 21.8 Å². The summed E-state index contributed by atoms with van der Waals surface area (Å²) in [6.45, 7) is 4.44. The lowest BCUT2D eigenvalue weighted by Gasteiger charge is -2.34. The minimum atomic E-state index is -0.277. The number of rotatable bonds is 6. The molecule has 5 nitrogen and oxygen atoms in total. The molecule has 2 aromatic rings. The summed E-state index contributed by atoms with van der Waals surface area (Å²) in [4.78, 5) is 25.5. The first-order chi connectivity index (χ1) is 13.1. The molecule has 6 heteroatoms. The molecule has 0 radical (unpaired) electrons. The van der Waals surface area contributed by atoms with Crippen LogP contribution in [0, 0.1) is 11.7 Å². The number of anilines is 1. The van der Waals surface area contributed by atoms with Gasteiger partial charge in [-0.2, -0.15) is 0 Å². The van der Waals surface area contributed by atoms with E-state index >= 15 is 0 Å². The Morgan fingerprint density at radius 2 is 2.07 bits per heavy atom.